The molecule has 0 bridgehead atoms. The van der Waals surface area contributed by atoms with E-state index in [9.17, 15) is 14.4 Å². The topological polar surface area (TPSA) is 154 Å². The number of primary amides is 1. The molecule has 0 saturated carbocycles. The molecule has 0 aliphatic rings. The smallest absolute Gasteiger partial charge is 0.326 e. The van der Waals surface area contributed by atoms with Gasteiger partial charge >= 0.3 is 18.0 Å². The summed E-state index contributed by atoms with van der Waals surface area (Å²) in [6.07, 6.45) is -0.0811. The summed E-state index contributed by atoms with van der Waals surface area (Å²) >= 11 is 0. The van der Waals surface area contributed by atoms with Gasteiger partial charge in [0, 0.05) is 26.1 Å². The summed E-state index contributed by atoms with van der Waals surface area (Å²) in [6, 6.07) is -2.56. The molecule has 17 heavy (non-hydrogen) atoms. The lowest BCUT2D eigenvalue weighted by atomic mass is 10.2. The molecular weight excluding hydrogens is 232 g/mol. The second kappa shape index (κ2) is 8.16. The molecule has 0 radical (unpaired) electrons. The van der Waals surface area contributed by atoms with E-state index in [-0.39, 0.29) is 26.1 Å². The number of carbonyl (C=O) groups is 3. The number of nitrogens with one attached hydrogen (secondary N) is 3. The highest BCUT2D eigenvalue weighted by atomic mass is 16.4. The third-order valence-electron chi connectivity index (χ3n) is 1.73. The Balaban J connectivity index is 3.82. The maximum atomic E-state index is 11.2. The van der Waals surface area contributed by atoms with Crippen molar-refractivity contribution in [1.82, 2.24) is 16.0 Å². The molecule has 7 N–H and O–H groups in total. The molecule has 0 aromatic carbocycles. The van der Waals surface area contributed by atoms with Gasteiger partial charge in [0.25, 0.3) is 0 Å². The van der Waals surface area contributed by atoms with Crippen LogP contribution >= 0.6 is 0 Å². The first-order valence-corrected chi connectivity index (χ1v) is 4.88. The summed E-state index contributed by atoms with van der Waals surface area (Å²) in [6.45, 7) is -0.0960. The van der Waals surface area contributed by atoms with E-state index in [4.69, 9.17) is 15.9 Å². The second-order valence-corrected chi connectivity index (χ2v) is 3.09. The van der Waals surface area contributed by atoms with Crippen molar-refractivity contribution in [1.29, 1.82) is 0 Å². The van der Waals surface area contributed by atoms with Crippen LogP contribution in [-0.4, -0.2) is 54.0 Å². The molecule has 98 valence electrons. The predicted octanol–water partition coefficient (Wildman–Crippen LogP) is -2.21. The molecule has 0 aromatic rings. The molecule has 0 aromatic heterocycles. The zero-order chi connectivity index (χ0) is 13.3. The van der Waals surface area contributed by atoms with Crippen LogP contribution in [0.15, 0.2) is 0 Å². The number of aliphatic carboxylic acids is 1. The largest absolute Gasteiger partial charge is 0.480 e. The van der Waals surface area contributed by atoms with Crippen molar-refractivity contribution in [3.8, 4) is 0 Å². The summed E-state index contributed by atoms with van der Waals surface area (Å²) in [5, 5.41) is 24.0. The van der Waals surface area contributed by atoms with Crippen LogP contribution in [0.2, 0.25) is 0 Å². The van der Waals surface area contributed by atoms with Crippen LogP contribution in [0.4, 0.5) is 9.59 Å². The summed E-state index contributed by atoms with van der Waals surface area (Å²) in [5.41, 5.74) is 4.79. The van der Waals surface area contributed by atoms with Crippen molar-refractivity contribution in [2.75, 3.05) is 19.7 Å². The van der Waals surface area contributed by atoms with Crippen molar-refractivity contribution in [3.63, 3.8) is 0 Å². The number of urea groups is 2. The van der Waals surface area contributed by atoms with E-state index in [2.05, 4.69) is 16.0 Å². The Kier molecular flexibility index (Phi) is 7.19. The highest BCUT2D eigenvalue weighted by Gasteiger charge is 2.18. The number of carboxylic acids is 1. The normalized spacial score (nSPS) is 11.4. The molecule has 4 amide bonds. The number of aliphatic hydroxyl groups excluding tert-OH is 1. The Labute approximate surface area is 97.4 Å². The predicted molar refractivity (Wildman–Crippen MR) is 57.2 cm³/mol. The Morgan fingerprint density at radius 3 is 2.24 bits per heavy atom. The number of amides is 4. The fourth-order valence-electron chi connectivity index (χ4n) is 0.957. The molecule has 0 heterocycles. The van der Waals surface area contributed by atoms with E-state index >= 15 is 0 Å². The van der Waals surface area contributed by atoms with Gasteiger partial charge in [0.2, 0.25) is 0 Å². The maximum Gasteiger partial charge on any atom is 0.326 e. The number of nitrogens with two attached hydrogens (primary N) is 1. The maximum absolute atomic E-state index is 11.2. The lowest BCUT2D eigenvalue weighted by molar-refractivity contribution is -0.139. The highest BCUT2D eigenvalue weighted by Crippen LogP contribution is 1.90. The van der Waals surface area contributed by atoms with E-state index in [1.54, 1.807) is 0 Å². The lowest BCUT2D eigenvalue weighted by Gasteiger charge is -2.13. The summed E-state index contributed by atoms with van der Waals surface area (Å²) in [7, 11) is 0. The Hall–Kier alpha value is -2.03. The standard InChI is InChI=1S/C8H16N4O5/c9-7(16)10-2-3-11-8(17)12-5(1-4-13)6(14)15/h5,13H,1-4H2,(H,14,15)(H3,9,10,16)(H2,11,12,17). The van der Waals surface area contributed by atoms with Crippen LogP contribution in [0, 0.1) is 0 Å². The quantitative estimate of drug-likeness (QED) is 0.282. The first kappa shape index (κ1) is 15.0. The minimum atomic E-state index is -1.23. The van der Waals surface area contributed by atoms with Gasteiger partial charge < -0.3 is 31.9 Å². The Bertz CT molecular complexity index is 283. The molecule has 0 saturated heterocycles. The van der Waals surface area contributed by atoms with Crippen molar-refractivity contribution in [2.24, 2.45) is 5.73 Å². The molecule has 1 unspecified atom stereocenters. The van der Waals surface area contributed by atoms with E-state index in [0.717, 1.165) is 0 Å². The number of aliphatic hydroxyl groups is 1. The van der Waals surface area contributed by atoms with Gasteiger partial charge in [-0.15, -0.1) is 0 Å². The third kappa shape index (κ3) is 7.85. The molecule has 9 heteroatoms. The monoisotopic (exact) mass is 248 g/mol. The average Bonchev–Trinajstić information content (AvgIpc) is 2.23. The molecule has 0 aliphatic heterocycles. The zero-order valence-electron chi connectivity index (χ0n) is 9.10. The van der Waals surface area contributed by atoms with Gasteiger partial charge in [-0.3, -0.25) is 0 Å². The first-order valence-electron chi connectivity index (χ1n) is 4.88. The van der Waals surface area contributed by atoms with Gasteiger partial charge in [-0.1, -0.05) is 0 Å². The number of rotatable bonds is 7. The molecule has 0 aliphatic carbocycles. The number of hydrogen-bond donors (Lipinski definition) is 6. The average molecular weight is 248 g/mol. The summed E-state index contributed by atoms with van der Waals surface area (Å²) < 4.78 is 0. The highest BCUT2D eigenvalue weighted by molar-refractivity contribution is 5.82. The third-order valence-corrected chi connectivity index (χ3v) is 1.73. The minimum Gasteiger partial charge on any atom is -0.480 e. The van der Waals surface area contributed by atoms with E-state index in [0.29, 0.717) is 0 Å². The fourth-order valence-corrected chi connectivity index (χ4v) is 0.957. The van der Waals surface area contributed by atoms with E-state index < -0.39 is 24.1 Å². The van der Waals surface area contributed by atoms with Gasteiger partial charge in [0.05, 0.1) is 0 Å². The van der Waals surface area contributed by atoms with E-state index in [1.807, 2.05) is 0 Å². The van der Waals surface area contributed by atoms with Crippen molar-refractivity contribution < 1.29 is 24.6 Å². The number of carbonyl (C=O) groups excluding carboxylic acids is 2. The van der Waals surface area contributed by atoms with Gasteiger partial charge in [-0.05, 0) is 0 Å². The van der Waals surface area contributed by atoms with Crippen LogP contribution in [0.5, 0.6) is 0 Å². The molecule has 9 nitrogen and oxygen atoms in total. The molecule has 0 fully saturated rings. The SMILES string of the molecule is NC(=O)NCCNC(=O)NC(CCO)C(=O)O. The second-order valence-electron chi connectivity index (χ2n) is 3.09. The fraction of sp³-hybridized carbons (Fsp3) is 0.625. The Morgan fingerprint density at radius 1 is 1.18 bits per heavy atom. The summed E-state index contributed by atoms with van der Waals surface area (Å²) in [4.78, 5) is 32.1. The van der Waals surface area contributed by atoms with Gasteiger partial charge in [0.1, 0.15) is 6.04 Å². The van der Waals surface area contributed by atoms with Crippen LogP contribution in [0.3, 0.4) is 0 Å². The van der Waals surface area contributed by atoms with Gasteiger partial charge in [0.15, 0.2) is 0 Å². The van der Waals surface area contributed by atoms with Crippen LogP contribution < -0.4 is 21.7 Å². The first-order chi connectivity index (χ1) is 7.97. The minimum absolute atomic E-state index is 0.0811. The van der Waals surface area contributed by atoms with Gasteiger partial charge in [-0.25, -0.2) is 14.4 Å². The molecule has 1 atom stereocenters. The van der Waals surface area contributed by atoms with Crippen LogP contribution in [0.25, 0.3) is 0 Å². The molecular formula is C8H16N4O5. The molecule has 0 spiro atoms. The zero-order valence-corrected chi connectivity index (χ0v) is 9.10. The Morgan fingerprint density at radius 2 is 1.76 bits per heavy atom. The van der Waals surface area contributed by atoms with Crippen LogP contribution in [-0.2, 0) is 4.79 Å². The van der Waals surface area contributed by atoms with E-state index in [1.165, 1.54) is 0 Å². The van der Waals surface area contributed by atoms with Crippen molar-refractivity contribution in [3.05, 3.63) is 0 Å². The van der Waals surface area contributed by atoms with Crippen molar-refractivity contribution in [2.45, 2.75) is 12.5 Å². The number of hydrogen-bond acceptors (Lipinski definition) is 4. The summed E-state index contributed by atoms with van der Waals surface area (Å²) in [5.74, 6) is -1.23. The number of carboxylic acid groups (broad SMARTS) is 1. The molecule has 0 rings (SSSR count). The van der Waals surface area contributed by atoms with Crippen LogP contribution in [0.1, 0.15) is 6.42 Å². The van der Waals surface area contributed by atoms with Crippen molar-refractivity contribution >= 4 is 18.0 Å². The van der Waals surface area contributed by atoms with Gasteiger partial charge in [-0.2, -0.15) is 0 Å². The lowest BCUT2D eigenvalue weighted by Crippen LogP contribution is -2.48.